The van der Waals surface area contributed by atoms with Crippen molar-refractivity contribution in [2.24, 2.45) is 5.92 Å². The zero-order valence-electron chi connectivity index (χ0n) is 12.0. The standard InChI is InChI=1S/C15H23N3OS/c1-2-3-4-5-10-19-15-14(16-20-17-15)13-11-18-8-6-12(13)7-9-18/h2,12-13H,1,3-11H2. The summed E-state index contributed by atoms with van der Waals surface area (Å²) in [6.07, 6.45) is 7.83. The van der Waals surface area contributed by atoms with Crippen LogP contribution in [0.2, 0.25) is 0 Å². The molecule has 5 heteroatoms. The first kappa shape index (κ1) is 14.0. The maximum Gasteiger partial charge on any atom is 0.249 e. The molecule has 0 aliphatic carbocycles. The van der Waals surface area contributed by atoms with E-state index in [9.17, 15) is 0 Å². The number of aromatic nitrogens is 2. The SMILES string of the molecule is C=CCCCCOc1nsnc1C1CN2CCC1CC2. The fourth-order valence-corrected chi connectivity index (χ4v) is 3.91. The largest absolute Gasteiger partial charge is 0.476 e. The van der Waals surface area contributed by atoms with E-state index in [4.69, 9.17) is 4.74 Å². The van der Waals surface area contributed by atoms with Crippen molar-refractivity contribution in [1.29, 1.82) is 0 Å². The van der Waals surface area contributed by atoms with Crippen molar-refractivity contribution in [2.75, 3.05) is 26.2 Å². The van der Waals surface area contributed by atoms with Crippen LogP contribution in [0, 0.1) is 5.92 Å². The van der Waals surface area contributed by atoms with E-state index in [2.05, 4.69) is 20.2 Å². The lowest BCUT2D eigenvalue weighted by Crippen LogP contribution is -2.46. The van der Waals surface area contributed by atoms with Gasteiger partial charge in [0, 0.05) is 12.5 Å². The number of rotatable bonds is 7. The van der Waals surface area contributed by atoms with Gasteiger partial charge in [0.2, 0.25) is 5.88 Å². The number of allylic oxidation sites excluding steroid dienone is 1. The number of hydrogen-bond acceptors (Lipinski definition) is 5. The van der Waals surface area contributed by atoms with Crippen molar-refractivity contribution in [3.05, 3.63) is 18.3 Å². The molecule has 4 heterocycles. The van der Waals surface area contributed by atoms with Gasteiger partial charge in [0.1, 0.15) is 5.69 Å². The quantitative estimate of drug-likeness (QED) is 0.572. The van der Waals surface area contributed by atoms with E-state index in [1.165, 1.54) is 37.7 Å². The number of fused-ring (bicyclic) bond motifs is 3. The van der Waals surface area contributed by atoms with Crippen molar-refractivity contribution in [3.8, 4) is 5.88 Å². The van der Waals surface area contributed by atoms with Crippen LogP contribution in [0.25, 0.3) is 0 Å². The lowest BCUT2D eigenvalue weighted by Gasteiger charge is -2.44. The van der Waals surface area contributed by atoms with E-state index in [0.29, 0.717) is 5.92 Å². The van der Waals surface area contributed by atoms with Gasteiger partial charge in [-0.15, -0.1) is 11.0 Å². The Morgan fingerprint density at radius 2 is 2.15 bits per heavy atom. The number of ether oxygens (including phenoxy) is 1. The molecule has 3 fully saturated rings. The van der Waals surface area contributed by atoms with Gasteiger partial charge in [-0.25, -0.2) is 0 Å². The molecule has 110 valence electrons. The second-order valence-electron chi connectivity index (χ2n) is 5.83. The van der Waals surface area contributed by atoms with Crippen molar-refractivity contribution < 1.29 is 4.74 Å². The van der Waals surface area contributed by atoms with Crippen LogP contribution in [-0.2, 0) is 0 Å². The zero-order chi connectivity index (χ0) is 13.8. The van der Waals surface area contributed by atoms with Gasteiger partial charge in [0.05, 0.1) is 18.3 Å². The summed E-state index contributed by atoms with van der Waals surface area (Å²) >= 11 is 1.30. The summed E-state index contributed by atoms with van der Waals surface area (Å²) in [5.74, 6) is 2.12. The van der Waals surface area contributed by atoms with Gasteiger partial charge in [-0.3, -0.25) is 0 Å². The Labute approximate surface area is 125 Å². The first-order valence-electron chi connectivity index (χ1n) is 7.67. The van der Waals surface area contributed by atoms with Gasteiger partial charge in [0.25, 0.3) is 0 Å². The van der Waals surface area contributed by atoms with E-state index in [-0.39, 0.29) is 0 Å². The van der Waals surface area contributed by atoms with Crippen LogP contribution in [0.3, 0.4) is 0 Å². The summed E-state index contributed by atoms with van der Waals surface area (Å²) in [6.45, 7) is 8.15. The van der Waals surface area contributed by atoms with Gasteiger partial charge in [-0.1, -0.05) is 6.08 Å². The molecular weight excluding hydrogens is 270 g/mol. The van der Waals surface area contributed by atoms with Gasteiger partial charge in [-0.05, 0) is 51.1 Å². The third-order valence-electron chi connectivity index (χ3n) is 4.53. The second kappa shape index (κ2) is 6.68. The first-order valence-corrected chi connectivity index (χ1v) is 8.40. The number of unbranched alkanes of at least 4 members (excludes halogenated alkanes) is 2. The fraction of sp³-hybridized carbons (Fsp3) is 0.733. The molecule has 20 heavy (non-hydrogen) atoms. The number of nitrogens with zero attached hydrogens (tertiary/aromatic N) is 3. The predicted molar refractivity (Wildman–Crippen MR) is 81.4 cm³/mol. The highest BCUT2D eigenvalue weighted by Gasteiger charge is 2.38. The number of hydrogen-bond donors (Lipinski definition) is 0. The van der Waals surface area contributed by atoms with E-state index >= 15 is 0 Å². The predicted octanol–water partition coefficient (Wildman–Crippen LogP) is 3.08. The Kier molecular flexibility index (Phi) is 4.68. The highest BCUT2D eigenvalue weighted by Crippen LogP contribution is 2.41. The molecule has 1 unspecified atom stereocenters. The number of piperidine rings is 3. The molecule has 4 rings (SSSR count). The molecule has 0 aromatic carbocycles. The first-order chi connectivity index (χ1) is 9.88. The average Bonchev–Trinajstić information content (AvgIpc) is 2.96. The van der Waals surface area contributed by atoms with Gasteiger partial charge >= 0.3 is 0 Å². The normalized spacial score (nSPS) is 28.5. The topological polar surface area (TPSA) is 38.3 Å². The summed E-state index contributed by atoms with van der Waals surface area (Å²) in [6, 6.07) is 0. The molecule has 0 radical (unpaired) electrons. The maximum atomic E-state index is 5.87. The molecule has 0 spiro atoms. The third kappa shape index (κ3) is 3.04. The minimum Gasteiger partial charge on any atom is -0.476 e. The summed E-state index contributed by atoms with van der Waals surface area (Å²) in [7, 11) is 0. The minimum atomic E-state index is 0.541. The lowest BCUT2D eigenvalue weighted by atomic mass is 9.77. The van der Waals surface area contributed by atoms with Crippen molar-refractivity contribution in [1.82, 2.24) is 13.6 Å². The molecule has 0 amide bonds. The van der Waals surface area contributed by atoms with Crippen LogP contribution in [0.4, 0.5) is 0 Å². The summed E-state index contributed by atoms with van der Waals surface area (Å²) < 4.78 is 14.8. The molecule has 1 aromatic rings. The Bertz CT molecular complexity index is 440. The molecule has 4 nitrogen and oxygen atoms in total. The summed E-state index contributed by atoms with van der Waals surface area (Å²) in [4.78, 5) is 2.55. The molecule has 1 atom stereocenters. The Morgan fingerprint density at radius 3 is 2.85 bits per heavy atom. The molecule has 3 aliphatic rings. The van der Waals surface area contributed by atoms with Crippen LogP contribution >= 0.6 is 11.7 Å². The Hall–Kier alpha value is -0.940. The Morgan fingerprint density at radius 1 is 1.30 bits per heavy atom. The molecule has 3 saturated heterocycles. The molecule has 0 saturated carbocycles. The van der Waals surface area contributed by atoms with Crippen LogP contribution < -0.4 is 4.74 Å². The third-order valence-corrected chi connectivity index (χ3v) is 5.06. The van der Waals surface area contributed by atoms with Crippen LogP contribution in [0.15, 0.2) is 12.7 Å². The minimum absolute atomic E-state index is 0.541. The fourth-order valence-electron chi connectivity index (χ4n) is 3.35. The van der Waals surface area contributed by atoms with Crippen molar-refractivity contribution in [2.45, 2.75) is 38.0 Å². The van der Waals surface area contributed by atoms with Crippen molar-refractivity contribution >= 4 is 11.7 Å². The highest BCUT2D eigenvalue weighted by atomic mass is 32.1. The zero-order valence-corrected chi connectivity index (χ0v) is 12.8. The van der Waals surface area contributed by atoms with Crippen molar-refractivity contribution in [3.63, 3.8) is 0 Å². The Balaban J connectivity index is 1.57. The summed E-state index contributed by atoms with van der Waals surface area (Å²) in [5, 5.41) is 0. The van der Waals surface area contributed by atoms with Gasteiger partial charge in [-0.2, -0.15) is 4.37 Å². The molecule has 2 bridgehead atoms. The monoisotopic (exact) mass is 293 g/mol. The van der Waals surface area contributed by atoms with E-state index in [1.807, 2.05) is 6.08 Å². The maximum absolute atomic E-state index is 5.87. The lowest BCUT2D eigenvalue weighted by molar-refractivity contribution is 0.0840. The molecule has 3 aliphatic heterocycles. The van der Waals surface area contributed by atoms with Crippen LogP contribution in [-0.4, -0.2) is 39.9 Å². The molecular formula is C15H23N3OS. The van der Waals surface area contributed by atoms with E-state index in [0.717, 1.165) is 49.9 Å². The molecule has 1 aromatic heterocycles. The molecule has 0 N–H and O–H groups in total. The summed E-state index contributed by atoms with van der Waals surface area (Å²) in [5.41, 5.74) is 1.12. The average molecular weight is 293 g/mol. The van der Waals surface area contributed by atoms with E-state index in [1.54, 1.807) is 0 Å². The van der Waals surface area contributed by atoms with E-state index < -0.39 is 0 Å². The van der Waals surface area contributed by atoms with Crippen LogP contribution in [0.1, 0.15) is 43.7 Å². The smallest absolute Gasteiger partial charge is 0.249 e. The van der Waals surface area contributed by atoms with Gasteiger partial charge in [0.15, 0.2) is 0 Å². The second-order valence-corrected chi connectivity index (χ2v) is 6.36. The van der Waals surface area contributed by atoms with Gasteiger partial charge < -0.3 is 9.64 Å². The van der Waals surface area contributed by atoms with Crippen LogP contribution in [0.5, 0.6) is 5.88 Å². The highest BCUT2D eigenvalue weighted by molar-refractivity contribution is 6.99.